The summed E-state index contributed by atoms with van der Waals surface area (Å²) in [6.45, 7) is 1.64. The zero-order valence-electron chi connectivity index (χ0n) is 11.0. The first-order valence-corrected chi connectivity index (χ1v) is 8.14. The van der Waals surface area contributed by atoms with Gasteiger partial charge in [-0.1, -0.05) is 59.1 Å². The first-order chi connectivity index (χ1) is 8.85. The van der Waals surface area contributed by atoms with E-state index in [-0.39, 0.29) is 0 Å². The Labute approximate surface area is 119 Å². The van der Waals surface area contributed by atoms with Crippen molar-refractivity contribution in [3.05, 3.63) is 35.9 Å². The fourth-order valence-electron chi connectivity index (χ4n) is 2.89. The van der Waals surface area contributed by atoms with Crippen molar-refractivity contribution in [2.75, 3.05) is 11.9 Å². The van der Waals surface area contributed by atoms with Gasteiger partial charge in [0.05, 0.1) is 6.61 Å². The Balaban J connectivity index is 1.61. The van der Waals surface area contributed by atoms with E-state index in [9.17, 15) is 0 Å². The summed E-state index contributed by atoms with van der Waals surface area (Å²) in [6, 6.07) is 10.4. The van der Waals surface area contributed by atoms with Crippen molar-refractivity contribution in [1.29, 1.82) is 0 Å². The van der Waals surface area contributed by atoms with Crippen LogP contribution in [0, 0.1) is 5.41 Å². The zero-order valence-corrected chi connectivity index (χ0v) is 12.6. The highest BCUT2D eigenvalue weighted by molar-refractivity contribution is 9.09. The lowest BCUT2D eigenvalue weighted by molar-refractivity contribution is 0.108. The van der Waals surface area contributed by atoms with E-state index in [4.69, 9.17) is 4.74 Å². The molecular formula is C16H23BrO. The third-order valence-electron chi connectivity index (χ3n) is 4.06. The molecule has 0 amide bonds. The van der Waals surface area contributed by atoms with Crippen LogP contribution in [0.5, 0.6) is 0 Å². The minimum absolute atomic E-state index is 0.579. The van der Waals surface area contributed by atoms with E-state index in [2.05, 4.69) is 40.2 Å². The second-order valence-corrected chi connectivity index (χ2v) is 6.04. The summed E-state index contributed by atoms with van der Waals surface area (Å²) in [5, 5.41) is 1.17. The molecule has 0 aromatic heterocycles. The van der Waals surface area contributed by atoms with E-state index in [0.29, 0.717) is 5.41 Å². The average molecular weight is 311 g/mol. The van der Waals surface area contributed by atoms with Crippen LogP contribution in [-0.2, 0) is 11.3 Å². The standard InChI is InChI=1S/C16H23BrO/c17-14-16(9-4-5-10-16)11-6-12-18-13-15-7-2-1-3-8-15/h1-3,7-8H,4-6,9-14H2. The van der Waals surface area contributed by atoms with Crippen LogP contribution in [0.4, 0.5) is 0 Å². The maximum absolute atomic E-state index is 5.75. The van der Waals surface area contributed by atoms with Gasteiger partial charge in [0, 0.05) is 11.9 Å². The summed E-state index contributed by atoms with van der Waals surface area (Å²) in [6.07, 6.45) is 8.13. The summed E-state index contributed by atoms with van der Waals surface area (Å²) >= 11 is 3.70. The van der Waals surface area contributed by atoms with Crippen LogP contribution < -0.4 is 0 Å². The van der Waals surface area contributed by atoms with Crippen LogP contribution in [0.25, 0.3) is 0 Å². The molecule has 1 nitrogen and oxygen atoms in total. The topological polar surface area (TPSA) is 9.23 Å². The Morgan fingerprint density at radius 2 is 1.83 bits per heavy atom. The lowest BCUT2D eigenvalue weighted by Gasteiger charge is -2.26. The normalized spacial score (nSPS) is 18.1. The molecule has 0 saturated heterocycles. The minimum Gasteiger partial charge on any atom is -0.377 e. The molecule has 0 unspecified atom stereocenters. The van der Waals surface area contributed by atoms with E-state index >= 15 is 0 Å². The van der Waals surface area contributed by atoms with Crippen molar-refractivity contribution in [2.24, 2.45) is 5.41 Å². The van der Waals surface area contributed by atoms with Gasteiger partial charge in [-0.15, -0.1) is 0 Å². The van der Waals surface area contributed by atoms with Crippen LogP contribution in [0.15, 0.2) is 30.3 Å². The van der Waals surface area contributed by atoms with E-state index in [0.717, 1.165) is 13.2 Å². The number of halogens is 1. The Morgan fingerprint density at radius 3 is 2.50 bits per heavy atom. The molecule has 1 saturated carbocycles. The van der Waals surface area contributed by atoms with E-state index in [1.54, 1.807) is 0 Å². The molecule has 0 spiro atoms. The Bertz CT molecular complexity index is 330. The molecular weight excluding hydrogens is 288 g/mol. The van der Waals surface area contributed by atoms with Gasteiger partial charge in [0.2, 0.25) is 0 Å². The van der Waals surface area contributed by atoms with Crippen molar-refractivity contribution >= 4 is 15.9 Å². The van der Waals surface area contributed by atoms with Gasteiger partial charge in [-0.3, -0.25) is 0 Å². The number of ether oxygens (including phenoxy) is 1. The van der Waals surface area contributed by atoms with E-state index in [1.807, 2.05) is 6.07 Å². The molecule has 1 aromatic rings. The van der Waals surface area contributed by atoms with Crippen molar-refractivity contribution < 1.29 is 4.74 Å². The van der Waals surface area contributed by atoms with Gasteiger partial charge in [-0.05, 0) is 36.7 Å². The lowest BCUT2D eigenvalue weighted by atomic mass is 9.84. The summed E-state index contributed by atoms with van der Waals surface area (Å²) in [7, 11) is 0. The number of alkyl halides is 1. The summed E-state index contributed by atoms with van der Waals surface area (Å²) in [4.78, 5) is 0. The molecule has 0 atom stereocenters. The number of rotatable bonds is 7. The highest BCUT2D eigenvalue weighted by atomic mass is 79.9. The molecule has 0 aliphatic heterocycles. The highest BCUT2D eigenvalue weighted by Gasteiger charge is 2.31. The molecule has 100 valence electrons. The first kappa shape index (κ1) is 14.1. The van der Waals surface area contributed by atoms with Gasteiger partial charge in [-0.25, -0.2) is 0 Å². The van der Waals surface area contributed by atoms with Crippen molar-refractivity contribution in [3.8, 4) is 0 Å². The monoisotopic (exact) mass is 310 g/mol. The summed E-state index contributed by atoms with van der Waals surface area (Å²) < 4.78 is 5.75. The maximum atomic E-state index is 5.75. The lowest BCUT2D eigenvalue weighted by Crippen LogP contribution is -2.18. The Kier molecular flexibility index (Phi) is 5.71. The van der Waals surface area contributed by atoms with Gasteiger partial charge in [0.15, 0.2) is 0 Å². The number of hydrogen-bond donors (Lipinski definition) is 0. The molecule has 1 aliphatic rings. The smallest absolute Gasteiger partial charge is 0.0716 e. The third kappa shape index (κ3) is 4.10. The predicted octanol–water partition coefficient (Wildman–Crippen LogP) is 4.94. The summed E-state index contributed by atoms with van der Waals surface area (Å²) in [5.74, 6) is 0. The van der Waals surface area contributed by atoms with E-state index < -0.39 is 0 Å². The molecule has 0 N–H and O–H groups in total. The van der Waals surface area contributed by atoms with Gasteiger partial charge in [0.25, 0.3) is 0 Å². The van der Waals surface area contributed by atoms with Gasteiger partial charge >= 0.3 is 0 Å². The number of benzene rings is 1. The molecule has 0 radical (unpaired) electrons. The molecule has 2 heteroatoms. The molecule has 0 heterocycles. The average Bonchev–Trinajstić information content (AvgIpc) is 2.89. The van der Waals surface area contributed by atoms with Crippen LogP contribution in [0.1, 0.15) is 44.1 Å². The van der Waals surface area contributed by atoms with Crippen molar-refractivity contribution in [3.63, 3.8) is 0 Å². The van der Waals surface area contributed by atoms with Crippen LogP contribution in [0.2, 0.25) is 0 Å². The fourth-order valence-corrected chi connectivity index (χ4v) is 3.73. The third-order valence-corrected chi connectivity index (χ3v) is 5.24. The second-order valence-electron chi connectivity index (χ2n) is 5.48. The van der Waals surface area contributed by atoms with Gasteiger partial charge in [0.1, 0.15) is 0 Å². The highest BCUT2D eigenvalue weighted by Crippen LogP contribution is 2.43. The quantitative estimate of drug-likeness (QED) is 0.512. The van der Waals surface area contributed by atoms with Gasteiger partial charge in [-0.2, -0.15) is 0 Å². The molecule has 0 bridgehead atoms. The molecule has 18 heavy (non-hydrogen) atoms. The number of hydrogen-bond acceptors (Lipinski definition) is 1. The predicted molar refractivity (Wildman–Crippen MR) is 80.0 cm³/mol. The van der Waals surface area contributed by atoms with Gasteiger partial charge < -0.3 is 4.74 Å². The van der Waals surface area contributed by atoms with Crippen LogP contribution in [-0.4, -0.2) is 11.9 Å². The fraction of sp³-hybridized carbons (Fsp3) is 0.625. The minimum atomic E-state index is 0.579. The van der Waals surface area contributed by atoms with Crippen molar-refractivity contribution in [2.45, 2.75) is 45.1 Å². The largest absolute Gasteiger partial charge is 0.377 e. The van der Waals surface area contributed by atoms with Crippen LogP contribution >= 0.6 is 15.9 Å². The summed E-state index contributed by atoms with van der Waals surface area (Å²) in [5.41, 5.74) is 1.85. The first-order valence-electron chi connectivity index (χ1n) is 7.02. The maximum Gasteiger partial charge on any atom is 0.0716 e. The Morgan fingerprint density at radius 1 is 1.11 bits per heavy atom. The zero-order chi connectivity index (χ0) is 12.7. The molecule has 1 aliphatic carbocycles. The van der Waals surface area contributed by atoms with Crippen LogP contribution in [0.3, 0.4) is 0 Å². The molecule has 2 rings (SSSR count). The van der Waals surface area contributed by atoms with E-state index in [1.165, 1.54) is 49.4 Å². The SMILES string of the molecule is BrCC1(CCCOCc2ccccc2)CCCC1. The van der Waals surface area contributed by atoms with Crippen molar-refractivity contribution in [1.82, 2.24) is 0 Å². The molecule has 1 aromatic carbocycles. The Hall–Kier alpha value is -0.340. The second kappa shape index (κ2) is 7.30. The molecule has 1 fully saturated rings.